The molecule has 126 valence electrons. The summed E-state index contributed by atoms with van der Waals surface area (Å²) in [5.41, 5.74) is 2.16. The fourth-order valence-corrected chi connectivity index (χ4v) is 4.02. The van der Waals surface area contributed by atoms with Crippen molar-refractivity contribution in [2.24, 2.45) is 0 Å². The fourth-order valence-electron chi connectivity index (χ4n) is 1.96. The number of carbonyl (C=O) groups is 2. The number of hydrogen-bond acceptors (Lipinski definition) is 4. The molecule has 2 aromatic carbocycles. The summed E-state index contributed by atoms with van der Waals surface area (Å²) in [6, 6.07) is 16.2. The van der Waals surface area contributed by atoms with Gasteiger partial charge in [-0.15, -0.1) is 0 Å². The maximum atomic E-state index is 11.0. The van der Waals surface area contributed by atoms with E-state index in [1.165, 1.54) is 13.8 Å². The first-order valence-electron chi connectivity index (χ1n) is 7.54. The maximum Gasteiger partial charge on any atom is 0.217 e. The minimum absolute atomic E-state index is 0.0292. The standard InChI is InChI=1S/C18H20N2O2S2/c1-13(21)19-11-15-5-3-7-17(9-15)23-24-18-8-4-6-16(10-18)12-20-14(2)22/h3-10H,11-12H2,1-2H3,(H,19,21)(H,20,22). The highest BCUT2D eigenvalue weighted by atomic mass is 33.1. The molecule has 0 radical (unpaired) electrons. The Morgan fingerprint density at radius 1 is 0.792 bits per heavy atom. The Kier molecular flexibility index (Phi) is 7.21. The van der Waals surface area contributed by atoms with Crippen molar-refractivity contribution >= 4 is 33.4 Å². The lowest BCUT2D eigenvalue weighted by Gasteiger charge is -2.07. The molecule has 0 heterocycles. The highest BCUT2D eigenvalue weighted by Gasteiger charge is 2.02. The molecule has 0 aliphatic carbocycles. The van der Waals surface area contributed by atoms with Crippen molar-refractivity contribution in [1.29, 1.82) is 0 Å². The Hall–Kier alpha value is -1.92. The van der Waals surface area contributed by atoms with Crippen molar-refractivity contribution in [2.45, 2.75) is 36.7 Å². The Labute approximate surface area is 150 Å². The van der Waals surface area contributed by atoms with Crippen molar-refractivity contribution in [3.63, 3.8) is 0 Å². The first-order chi connectivity index (χ1) is 11.5. The molecule has 2 aromatic rings. The minimum Gasteiger partial charge on any atom is -0.352 e. The second kappa shape index (κ2) is 9.39. The van der Waals surface area contributed by atoms with Crippen LogP contribution in [0.25, 0.3) is 0 Å². The van der Waals surface area contributed by atoms with Gasteiger partial charge in [-0.2, -0.15) is 0 Å². The maximum absolute atomic E-state index is 11.0. The summed E-state index contributed by atoms with van der Waals surface area (Å²) in [5.74, 6) is -0.0585. The second-order valence-electron chi connectivity index (χ2n) is 5.28. The topological polar surface area (TPSA) is 58.2 Å². The van der Waals surface area contributed by atoms with Gasteiger partial charge in [0.15, 0.2) is 0 Å². The zero-order valence-corrected chi connectivity index (χ0v) is 15.3. The lowest BCUT2D eigenvalue weighted by atomic mass is 10.2. The van der Waals surface area contributed by atoms with Gasteiger partial charge in [0, 0.05) is 36.7 Å². The molecule has 0 spiro atoms. The Morgan fingerprint density at radius 2 is 1.21 bits per heavy atom. The van der Waals surface area contributed by atoms with Gasteiger partial charge in [-0.05, 0) is 35.4 Å². The van der Waals surface area contributed by atoms with Crippen LogP contribution >= 0.6 is 21.6 Å². The number of rotatable bonds is 7. The molecule has 24 heavy (non-hydrogen) atoms. The molecule has 0 saturated heterocycles. The summed E-state index contributed by atoms with van der Waals surface area (Å²) in [6.45, 7) is 4.12. The molecule has 0 aromatic heterocycles. The number of hydrogen-bond donors (Lipinski definition) is 2. The normalized spacial score (nSPS) is 10.2. The van der Waals surface area contributed by atoms with Gasteiger partial charge in [-0.3, -0.25) is 9.59 Å². The first kappa shape index (κ1) is 18.4. The molecule has 0 bridgehead atoms. The van der Waals surface area contributed by atoms with Gasteiger partial charge in [0.25, 0.3) is 0 Å². The molecule has 0 atom stereocenters. The van der Waals surface area contributed by atoms with Crippen LogP contribution in [0.1, 0.15) is 25.0 Å². The van der Waals surface area contributed by atoms with Crippen molar-refractivity contribution < 1.29 is 9.59 Å². The molecule has 6 heteroatoms. The minimum atomic E-state index is -0.0292. The van der Waals surface area contributed by atoms with Crippen molar-refractivity contribution in [3.8, 4) is 0 Å². The summed E-state index contributed by atoms with van der Waals surface area (Å²) in [5, 5.41) is 5.61. The first-order valence-corrected chi connectivity index (χ1v) is 9.69. The summed E-state index contributed by atoms with van der Waals surface area (Å²) in [6.07, 6.45) is 0. The molecule has 0 saturated carbocycles. The molecule has 0 aliphatic heterocycles. The predicted molar refractivity (Wildman–Crippen MR) is 99.6 cm³/mol. The zero-order valence-electron chi connectivity index (χ0n) is 13.7. The van der Waals surface area contributed by atoms with Crippen LogP contribution in [0.15, 0.2) is 58.3 Å². The largest absolute Gasteiger partial charge is 0.352 e. The molecular formula is C18H20N2O2S2. The lowest BCUT2D eigenvalue weighted by molar-refractivity contribution is -0.120. The molecule has 2 N–H and O–H groups in total. The monoisotopic (exact) mass is 360 g/mol. The molecule has 4 nitrogen and oxygen atoms in total. The predicted octanol–water partition coefficient (Wildman–Crippen LogP) is 3.76. The van der Waals surface area contributed by atoms with Crippen LogP contribution in [0, 0.1) is 0 Å². The fraction of sp³-hybridized carbons (Fsp3) is 0.222. The van der Waals surface area contributed by atoms with Crippen LogP contribution in [-0.4, -0.2) is 11.8 Å². The van der Waals surface area contributed by atoms with E-state index in [0.717, 1.165) is 20.9 Å². The number of benzene rings is 2. The van der Waals surface area contributed by atoms with Crippen molar-refractivity contribution in [2.75, 3.05) is 0 Å². The van der Waals surface area contributed by atoms with E-state index < -0.39 is 0 Å². The zero-order chi connectivity index (χ0) is 17.4. The highest BCUT2D eigenvalue weighted by molar-refractivity contribution is 8.76. The molecule has 0 fully saturated rings. The number of carbonyl (C=O) groups excluding carboxylic acids is 2. The van der Waals surface area contributed by atoms with Crippen LogP contribution in [0.5, 0.6) is 0 Å². The van der Waals surface area contributed by atoms with Gasteiger partial charge in [0.2, 0.25) is 11.8 Å². The number of amides is 2. The quantitative estimate of drug-likeness (QED) is 0.738. The average molecular weight is 361 g/mol. The third-order valence-corrected chi connectivity index (χ3v) is 5.49. The molecule has 0 aliphatic rings. The molecule has 2 rings (SSSR count). The van der Waals surface area contributed by atoms with Gasteiger partial charge in [-0.25, -0.2) is 0 Å². The summed E-state index contributed by atoms with van der Waals surface area (Å²) in [7, 11) is 3.34. The van der Waals surface area contributed by atoms with Crippen LogP contribution in [-0.2, 0) is 22.7 Å². The smallest absolute Gasteiger partial charge is 0.217 e. The van der Waals surface area contributed by atoms with E-state index in [2.05, 4.69) is 34.9 Å². The Balaban J connectivity index is 1.93. The van der Waals surface area contributed by atoms with E-state index in [-0.39, 0.29) is 11.8 Å². The van der Waals surface area contributed by atoms with Crippen LogP contribution < -0.4 is 10.6 Å². The van der Waals surface area contributed by atoms with Gasteiger partial charge in [-0.1, -0.05) is 45.9 Å². The summed E-state index contributed by atoms with van der Waals surface area (Å²) < 4.78 is 0. The highest BCUT2D eigenvalue weighted by Crippen LogP contribution is 2.37. The molecule has 0 unspecified atom stereocenters. The van der Waals surface area contributed by atoms with Crippen LogP contribution in [0.4, 0.5) is 0 Å². The third kappa shape index (κ3) is 6.68. The van der Waals surface area contributed by atoms with E-state index in [9.17, 15) is 9.59 Å². The Bertz CT molecular complexity index is 658. The van der Waals surface area contributed by atoms with Crippen molar-refractivity contribution in [3.05, 3.63) is 59.7 Å². The summed E-state index contributed by atoms with van der Waals surface area (Å²) in [4.78, 5) is 24.3. The lowest BCUT2D eigenvalue weighted by Crippen LogP contribution is -2.18. The number of nitrogens with one attached hydrogen (secondary N) is 2. The van der Waals surface area contributed by atoms with Gasteiger partial charge >= 0.3 is 0 Å². The van der Waals surface area contributed by atoms with E-state index in [1.54, 1.807) is 21.6 Å². The van der Waals surface area contributed by atoms with Crippen molar-refractivity contribution in [1.82, 2.24) is 10.6 Å². The van der Waals surface area contributed by atoms with E-state index in [4.69, 9.17) is 0 Å². The summed E-state index contributed by atoms with van der Waals surface area (Å²) >= 11 is 0. The second-order valence-corrected chi connectivity index (χ2v) is 7.56. The van der Waals surface area contributed by atoms with Gasteiger partial charge in [0.05, 0.1) is 0 Å². The van der Waals surface area contributed by atoms with Gasteiger partial charge < -0.3 is 10.6 Å². The molecule has 2 amide bonds. The van der Waals surface area contributed by atoms with Crippen LogP contribution in [0.3, 0.4) is 0 Å². The van der Waals surface area contributed by atoms with E-state index in [1.807, 2.05) is 24.3 Å². The SMILES string of the molecule is CC(=O)NCc1cccc(SSc2cccc(CNC(C)=O)c2)c1. The van der Waals surface area contributed by atoms with Gasteiger partial charge in [0.1, 0.15) is 0 Å². The Morgan fingerprint density at radius 3 is 1.58 bits per heavy atom. The third-order valence-electron chi connectivity index (χ3n) is 3.11. The van der Waals surface area contributed by atoms with E-state index >= 15 is 0 Å². The van der Waals surface area contributed by atoms with Crippen LogP contribution in [0.2, 0.25) is 0 Å². The van der Waals surface area contributed by atoms with E-state index in [0.29, 0.717) is 13.1 Å². The average Bonchev–Trinajstić information content (AvgIpc) is 2.57. The molecular weight excluding hydrogens is 340 g/mol.